The molecule has 5 nitrogen and oxygen atoms in total. The lowest BCUT2D eigenvalue weighted by Gasteiger charge is -2.15. The maximum atomic E-state index is 13.4. The lowest BCUT2D eigenvalue weighted by atomic mass is 9.94. The van der Waals surface area contributed by atoms with Crippen LogP contribution in [0.2, 0.25) is 10.0 Å². The zero-order valence-electron chi connectivity index (χ0n) is 18.0. The summed E-state index contributed by atoms with van der Waals surface area (Å²) in [7, 11) is 0. The quantitative estimate of drug-likeness (QED) is 0.281. The maximum absolute atomic E-state index is 13.4. The van der Waals surface area contributed by atoms with E-state index in [-0.39, 0.29) is 11.5 Å². The molecule has 34 heavy (non-hydrogen) atoms. The van der Waals surface area contributed by atoms with Crippen molar-refractivity contribution in [3.63, 3.8) is 0 Å². The van der Waals surface area contributed by atoms with E-state index in [4.69, 9.17) is 28.9 Å². The number of hydrogen-bond acceptors (Lipinski definition) is 4. The van der Waals surface area contributed by atoms with Crippen molar-refractivity contribution in [2.75, 3.05) is 11.6 Å². The molecule has 0 aliphatic rings. The van der Waals surface area contributed by atoms with E-state index in [2.05, 4.69) is 10.3 Å². The van der Waals surface area contributed by atoms with Crippen LogP contribution in [0.3, 0.4) is 0 Å². The van der Waals surface area contributed by atoms with Crippen molar-refractivity contribution < 1.29 is 9.59 Å². The largest absolute Gasteiger partial charge is 0.366 e. The number of nitrogens with two attached hydrogens (primary N) is 1. The Morgan fingerprint density at radius 3 is 2.41 bits per heavy atom. The molecular weight excluding hydrogens is 489 g/mol. The number of thioether (sulfide) groups is 1. The van der Waals surface area contributed by atoms with E-state index in [1.54, 1.807) is 42.6 Å². The summed E-state index contributed by atoms with van der Waals surface area (Å²) in [6, 6.07) is 21.0. The fourth-order valence-corrected chi connectivity index (χ4v) is 4.37. The normalized spacial score (nSPS) is 10.7. The number of nitrogens with zero attached hydrogens (tertiary/aromatic N) is 1. The van der Waals surface area contributed by atoms with Crippen LogP contribution in [0.1, 0.15) is 20.7 Å². The molecule has 0 atom stereocenters. The number of rotatable bonds is 6. The predicted octanol–water partition coefficient (Wildman–Crippen LogP) is 6.80. The van der Waals surface area contributed by atoms with Gasteiger partial charge in [0.05, 0.1) is 10.7 Å². The lowest BCUT2D eigenvalue weighted by Crippen LogP contribution is -2.16. The van der Waals surface area contributed by atoms with Gasteiger partial charge in [0, 0.05) is 38.5 Å². The number of hydrogen-bond donors (Lipinski definition) is 2. The van der Waals surface area contributed by atoms with E-state index in [1.165, 1.54) is 17.8 Å². The van der Waals surface area contributed by atoms with Crippen LogP contribution in [-0.4, -0.2) is 23.1 Å². The van der Waals surface area contributed by atoms with E-state index in [9.17, 15) is 9.59 Å². The average Bonchev–Trinajstić information content (AvgIpc) is 2.85. The van der Waals surface area contributed by atoms with Gasteiger partial charge in [-0.3, -0.25) is 14.6 Å². The van der Waals surface area contributed by atoms with Crippen molar-refractivity contribution in [3.8, 4) is 22.4 Å². The topological polar surface area (TPSA) is 85.1 Å². The van der Waals surface area contributed by atoms with Crippen molar-refractivity contribution in [2.24, 2.45) is 5.73 Å². The molecule has 1 heterocycles. The van der Waals surface area contributed by atoms with Crippen molar-refractivity contribution in [1.82, 2.24) is 4.98 Å². The predicted molar refractivity (Wildman–Crippen MR) is 140 cm³/mol. The van der Waals surface area contributed by atoms with Gasteiger partial charge >= 0.3 is 0 Å². The summed E-state index contributed by atoms with van der Waals surface area (Å²) in [4.78, 5) is 30.8. The maximum Gasteiger partial charge on any atom is 0.256 e. The van der Waals surface area contributed by atoms with Crippen LogP contribution in [0.15, 0.2) is 83.9 Å². The number of primary amides is 1. The molecule has 0 unspecified atom stereocenters. The molecule has 0 spiro atoms. The highest BCUT2D eigenvalue weighted by Gasteiger charge is 2.19. The molecule has 0 radical (unpaired) electrons. The second-order valence-corrected chi connectivity index (χ2v) is 9.05. The fraction of sp³-hybridized carbons (Fsp3) is 0.0385. The van der Waals surface area contributed by atoms with Gasteiger partial charge in [-0.05, 0) is 78.0 Å². The Bertz CT molecular complexity index is 1390. The molecule has 0 saturated carbocycles. The van der Waals surface area contributed by atoms with Crippen molar-refractivity contribution in [3.05, 3.63) is 100 Å². The minimum absolute atomic E-state index is 0.240. The summed E-state index contributed by atoms with van der Waals surface area (Å²) in [5, 5.41) is 3.83. The van der Waals surface area contributed by atoms with Gasteiger partial charge in [-0.1, -0.05) is 35.3 Å². The van der Waals surface area contributed by atoms with Crippen LogP contribution in [0.4, 0.5) is 5.69 Å². The highest BCUT2D eigenvalue weighted by Crippen LogP contribution is 2.34. The fourth-order valence-electron chi connectivity index (χ4n) is 3.55. The molecule has 2 amide bonds. The van der Waals surface area contributed by atoms with Gasteiger partial charge in [0.15, 0.2) is 0 Å². The average molecular weight is 508 g/mol. The summed E-state index contributed by atoms with van der Waals surface area (Å²) in [6.45, 7) is 0. The third kappa shape index (κ3) is 5.09. The van der Waals surface area contributed by atoms with Gasteiger partial charge in [0.1, 0.15) is 0 Å². The van der Waals surface area contributed by atoms with E-state index in [1.807, 2.05) is 36.6 Å². The Labute approximate surface area is 211 Å². The Morgan fingerprint density at radius 2 is 1.71 bits per heavy atom. The Balaban J connectivity index is 1.76. The van der Waals surface area contributed by atoms with Gasteiger partial charge in [-0.15, -0.1) is 11.8 Å². The zero-order chi connectivity index (χ0) is 24.2. The summed E-state index contributed by atoms with van der Waals surface area (Å²) in [6.07, 6.45) is 3.61. The molecule has 3 aromatic carbocycles. The summed E-state index contributed by atoms with van der Waals surface area (Å²) in [5.41, 5.74) is 9.29. The molecular formula is C26H19Cl2N3O2S. The monoisotopic (exact) mass is 507 g/mol. The molecule has 170 valence electrons. The number of pyridine rings is 1. The molecule has 0 fully saturated rings. The van der Waals surface area contributed by atoms with Gasteiger partial charge in [-0.2, -0.15) is 0 Å². The first-order chi connectivity index (χ1) is 16.4. The van der Waals surface area contributed by atoms with Crippen LogP contribution in [0.25, 0.3) is 22.4 Å². The van der Waals surface area contributed by atoms with E-state index < -0.39 is 5.91 Å². The third-order valence-electron chi connectivity index (χ3n) is 5.17. The highest BCUT2D eigenvalue weighted by atomic mass is 35.5. The van der Waals surface area contributed by atoms with Gasteiger partial charge in [-0.25, -0.2) is 0 Å². The number of nitrogens with one attached hydrogen (secondary N) is 1. The molecule has 0 aliphatic heterocycles. The van der Waals surface area contributed by atoms with Crippen LogP contribution in [-0.2, 0) is 0 Å². The second-order valence-electron chi connectivity index (χ2n) is 7.33. The van der Waals surface area contributed by atoms with Crippen LogP contribution in [0, 0.1) is 0 Å². The van der Waals surface area contributed by atoms with E-state index in [0.717, 1.165) is 4.90 Å². The van der Waals surface area contributed by atoms with Crippen LogP contribution < -0.4 is 11.1 Å². The zero-order valence-corrected chi connectivity index (χ0v) is 20.3. The smallest absolute Gasteiger partial charge is 0.256 e. The molecule has 4 rings (SSSR count). The number of halogens is 2. The molecule has 0 saturated heterocycles. The number of aromatic nitrogens is 1. The Kier molecular flexibility index (Phi) is 7.22. The minimum Gasteiger partial charge on any atom is -0.366 e. The minimum atomic E-state index is -0.629. The Morgan fingerprint density at radius 1 is 0.882 bits per heavy atom. The number of carbonyl (C=O) groups is 2. The first-order valence-electron chi connectivity index (χ1n) is 10.2. The molecule has 0 bridgehead atoms. The number of anilines is 1. The van der Waals surface area contributed by atoms with Gasteiger partial charge in [0.25, 0.3) is 5.91 Å². The first-order valence-corrected chi connectivity index (χ1v) is 12.2. The number of benzene rings is 3. The first kappa shape index (κ1) is 23.8. The molecule has 1 aromatic heterocycles. The summed E-state index contributed by atoms with van der Waals surface area (Å²) < 4.78 is 0. The van der Waals surface area contributed by atoms with E-state index >= 15 is 0 Å². The van der Waals surface area contributed by atoms with Crippen molar-refractivity contribution in [2.45, 2.75) is 4.90 Å². The van der Waals surface area contributed by atoms with Crippen LogP contribution >= 0.6 is 35.0 Å². The third-order valence-corrected chi connectivity index (χ3v) is 6.46. The van der Waals surface area contributed by atoms with Crippen molar-refractivity contribution in [1.29, 1.82) is 0 Å². The molecule has 4 aromatic rings. The van der Waals surface area contributed by atoms with E-state index in [0.29, 0.717) is 43.7 Å². The standard InChI is InChI=1S/C26H19Cl2N3O2S/c1-34-17-7-9-19(20(14-17)18-8-5-15(27)12-21(18)25(29)32)26(33)31-16-6-10-23(28)22(13-16)24-4-2-3-11-30-24/h2-14H,1H3,(H2,29,32)(H,31,33). The Hall–Kier alpha value is -3.32. The summed E-state index contributed by atoms with van der Waals surface area (Å²) in [5.74, 6) is -0.974. The molecule has 8 heteroatoms. The highest BCUT2D eigenvalue weighted by molar-refractivity contribution is 7.98. The number of amides is 2. The second kappa shape index (κ2) is 10.3. The molecule has 0 aliphatic carbocycles. The lowest BCUT2D eigenvalue weighted by molar-refractivity contribution is 0.0997. The van der Waals surface area contributed by atoms with Gasteiger partial charge in [0.2, 0.25) is 5.91 Å². The number of carbonyl (C=O) groups excluding carboxylic acids is 2. The van der Waals surface area contributed by atoms with Crippen LogP contribution in [0.5, 0.6) is 0 Å². The summed E-state index contributed by atoms with van der Waals surface area (Å²) >= 11 is 14.0. The molecule has 3 N–H and O–H groups in total. The SMILES string of the molecule is CSc1ccc(C(=O)Nc2ccc(Cl)c(-c3ccccn3)c2)c(-c2ccc(Cl)cc2C(N)=O)c1. The van der Waals surface area contributed by atoms with Crippen molar-refractivity contribution >= 4 is 52.5 Å². The van der Waals surface area contributed by atoms with Gasteiger partial charge < -0.3 is 11.1 Å².